The molecule has 0 bridgehead atoms. The average Bonchev–Trinajstić information content (AvgIpc) is 3.49. The summed E-state index contributed by atoms with van der Waals surface area (Å²) in [5.41, 5.74) is 1.94. The van der Waals surface area contributed by atoms with E-state index in [9.17, 15) is 0 Å². The normalized spacial score (nSPS) is 19.0. The first-order valence-electron chi connectivity index (χ1n) is 33.2. The van der Waals surface area contributed by atoms with E-state index in [4.69, 9.17) is 0 Å². The van der Waals surface area contributed by atoms with Gasteiger partial charge < -0.3 is 15.5 Å². The molecular weight excluding hydrogens is 929 g/mol. The molecule has 0 aromatic rings. The first-order valence-corrected chi connectivity index (χ1v) is 33.2. The molecule has 0 spiro atoms. The summed E-state index contributed by atoms with van der Waals surface area (Å²) in [5.74, 6) is 0. The van der Waals surface area contributed by atoms with E-state index in [2.05, 4.69) is 241 Å². The molecule has 6 heterocycles. The Hall–Kier alpha value is -0.320. The highest BCUT2D eigenvalue weighted by Gasteiger charge is 2.26. The maximum atomic E-state index is 3.41. The topological polar surface area (TPSA) is 43.5 Å². The highest BCUT2D eigenvalue weighted by Crippen LogP contribution is 2.21. The van der Waals surface area contributed by atoms with E-state index < -0.39 is 0 Å². The molecule has 0 amide bonds. The predicted octanol–water partition coefficient (Wildman–Crippen LogP) is 18.2. The van der Waals surface area contributed by atoms with Gasteiger partial charge in [0.05, 0.1) is 0 Å². The van der Waals surface area contributed by atoms with Crippen LogP contribution in [0.4, 0.5) is 0 Å². The molecule has 8 heteroatoms. The Labute approximate surface area is 486 Å². The number of piperazine rings is 1. The number of hydrogen-bond acceptors (Lipinski definition) is 8. The molecule has 76 heavy (non-hydrogen) atoms. The van der Waals surface area contributed by atoms with Crippen molar-refractivity contribution in [2.75, 3.05) is 105 Å². The molecule has 0 saturated carbocycles. The van der Waals surface area contributed by atoms with Gasteiger partial charge in [-0.25, -0.2) is 0 Å². The van der Waals surface area contributed by atoms with Crippen LogP contribution in [-0.4, -0.2) is 168 Å². The third-order valence-electron chi connectivity index (χ3n) is 12.9. The van der Waals surface area contributed by atoms with Crippen molar-refractivity contribution in [2.45, 2.75) is 344 Å². The van der Waals surface area contributed by atoms with Crippen LogP contribution in [0, 0.1) is 0 Å². The minimum Gasteiger partial charge on any atom is -0.315 e. The van der Waals surface area contributed by atoms with Crippen LogP contribution >= 0.6 is 0 Å². The molecule has 6 aliphatic heterocycles. The van der Waals surface area contributed by atoms with E-state index in [0.29, 0.717) is 27.7 Å². The Bertz CT molecular complexity index is 981. The zero-order valence-electron chi connectivity index (χ0n) is 59.1. The van der Waals surface area contributed by atoms with Gasteiger partial charge in [-0.3, -0.25) is 24.5 Å². The minimum atomic E-state index is 0.353. The van der Waals surface area contributed by atoms with Crippen LogP contribution in [0.2, 0.25) is 0 Å². The lowest BCUT2D eigenvalue weighted by atomic mass is 10.0. The molecule has 2 N–H and O–H groups in total. The second kappa shape index (κ2) is 55.2. The summed E-state index contributed by atoms with van der Waals surface area (Å²) < 4.78 is 0. The molecule has 6 aliphatic rings. The van der Waals surface area contributed by atoms with Crippen LogP contribution in [0.25, 0.3) is 0 Å². The van der Waals surface area contributed by atoms with E-state index >= 15 is 0 Å². The lowest BCUT2D eigenvalue weighted by Crippen LogP contribution is -2.51. The Morgan fingerprint density at radius 2 is 0.434 bits per heavy atom. The second-order valence-corrected chi connectivity index (χ2v) is 27.6. The lowest BCUT2D eigenvalue weighted by Gasteiger charge is -2.42. The molecule has 0 aliphatic carbocycles. The molecule has 0 radical (unpaired) electrons. The Balaban J connectivity index is -0.000000182. The minimum absolute atomic E-state index is 0.353. The van der Waals surface area contributed by atoms with Crippen molar-refractivity contribution in [3.8, 4) is 0 Å². The second-order valence-electron chi connectivity index (χ2n) is 27.6. The maximum Gasteiger partial charge on any atom is 0.0126 e. The molecular formula is C68H156N8. The molecule has 8 nitrogen and oxygen atoms in total. The predicted molar refractivity (Wildman–Crippen MR) is 356 cm³/mol. The monoisotopic (exact) mass is 1090 g/mol. The number of nitrogens with zero attached hydrogens (tertiary/aromatic N) is 6. The van der Waals surface area contributed by atoms with Crippen LogP contribution in [0.1, 0.15) is 310 Å². The van der Waals surface area contributed by atoms with Crippen LogP contribution in [-0.2, 0) is 0 Å². The highest BCUT2D eigenvalue weighted by atomic mass is 15.2. The van der Waals surface area contributed by atoms with Crippen LogP contribution in [0.3, 0.4) is 0 Å². The molecule has 6 fully saturated rings. The summed E-state index contributed by atoms with van der Waals surface area (Å²) >= 11 is 0. The number of likely N-dealkylation sites (tertiary alicyclic amines) is 4. The van der Waals surface area contributed by atoms with Gasteiger partial charge in [0, 0.05) is 73.0 Å². The largest absolute Gasteiger partial charge is 0.315 e. The van der Waals surface area contributed by atoms with Gasteiger partial charge in [0.1, 0.15) is 0 Å². The maximum absolute atomic E-state index is 3.41. The fourth-order valence-corrected chi connectivity index (χ4v) is 8.40. The van der Waals surface area contributed by atoms with Gasteiger partial charge in [0.2, 0.25) is 0 Å². The summed E-state index contributed by atoms with van der Waals surface area (Å²) in [6, 6.07) is 0.775. The van der Waals surface area contributed by atoms with Gasteiger partial charge in [0.15, 0.2) is 0 Å². The zero-order chi connectivity index (χ0) is 60.3. The lowest BCUT2D eigenvalue weighted by molar-refractivity contribution is 0.0690. The molecule has 468 valence electrons. The number of nitrogens with one attached hydrogen (secondary N) is 2. The smallest absolute Gasteiger partial charge is 0.0126 e. The van der Waals surface area contributed by atoms with Gasteiger partial charge in [-0.1, -0.05) is 141 Å². The van der Waals surface area contributed by atoms with Crippen molar-refractivity contribution in [1.29, 1.82) is 0 Å². The summed E-state index contributed by atoms with van der Waals surface area (Å²) in [7, 11) is 0. The van der Waals surface area contributed by atoms with Crippen molar-refractivity contribution in [3.63, 3.8) is 0 Å². The van der Waals surface area contributed by atoms with Crippen molar-refractivity contribution in [3.05, 3.63) is 0 Å². The van der Waals surface area contributed by atoms with Crippen molar-refractivity contribution in [1.82, 2.24) is 40.0 Å². The van der Waals surface area contributed by atoms with Crippen LogP contribution in [0.5, 0.6) is 0 Å². The Morgan fingerprint density at radius 1 is 0.250 bits per heavy atom. The summed E-state index contributed by atoms with van der Waals surface area (Å²) in [6.45, 7) is 84.4. The van der Waals surface area contributed by atoms with Crippen molar-refractivity contribution in [2.24, 2.45) is 0 Å². The fourth-order valence-electron chi connectivity index (χ4n) is 8.40. The standard InChI is InChI=1S/C10H21N.C9H20N2.C9H19N.C8H18N2.2C7H15N.6C3H8/c1-10(2,3)11-8-6-4-5-7-9-11;1-9(2,3)11-7-4-5-10-6-8-11;1-9(2,3)10-7-5-4-6-8-10;1-8(2,3)10-6-4-9-5-7-10;1-7(2,3)8-5-4-6-8;1-7(2)8-5-3-4-6-8;6*1-3-2/h4-9H2,1-3H3;10H,4-8H2,1-3H3;4-8H2,1-3H3;9H,4-7H2,1-3H3;4-6H2,1-3H3;7H,3-6H2,1-2H3;6*3H2,1-2H3. The number of hydrogen-bond donors (Lipinski definition) is 2. The SMILES string of the molecule is CC(C)(C)N1CCC1.CC(C)(C)N1CCCCC1.CC(C)(C)N1CCCCCC1.CC(C)(C)N1CCCNCC1.CC(C)(C)N1CCNCC1.CC(C)N1CCCC1.CCC.CCC.CCC.CCC.CCC.CCC. The summed E-state index contributed by atoms with van der Waals surface area (Å²) in [6.07, 6.45) is 22.9. The molecule has 0 aromatic carbocycles. The van der Waals surface area contributed by atoms with Crippen LogP contribution in [0.15, 0.2) is 0 Å². The highest BCUT2D eigenvalue weighted by molar-refractivity contribution is 4.83. The molecule has 6 saturated heterocycles. The number of piperidine rings is 1. The summed E-state index contributed by atoms with van der Waals surface area (Å²) in [5, 5.41) is 6.75. The van der Waals surface area contributed by atoms with Crippen molar-refractivity contribution < 1.29 is 0 Å². The van der Waals surface area contributed by atoms with Gasteiger partial charge >= 0.3 is 0 Å². The average molecular weight is 1090 g/mol. The fraction of sp³-hybridized carbons (Fsp3) is 1.00. The third-order valence-corrected chi connectivity index (χ3v) is 12.9. The molecule has 0 unspecified atom stereocenters. The Kier molecular flexibility index (Phi) is 63.2. The van der Waals surface area contributed by atoms with Gasteiger partial charge in [-0.05, 0) is 235 Å². The van der Waals surface area contributed by atoms with E-state index in [1.807, 2.05) is 0 Å². The Morgan fingerprint density at radius 3 is 0.632 bits per heavy atom. The van der Waals surface area contributed by atoms with Crippen molar-refractivity contribution >= 4 is 0 Å². The van der Waals surface area contributed by atoms with E-state index in [1.165, 1.54) is 194 Å². The van der Waals surface area contributed by atoms with Gasteiger partial charge in [-0.15, -0.1) is 0 Å². The van der Waals surface area contributed by atoms with E-state index in [1.54, 1.807) is 0 Å². The van der Waals surface area contributed by atoms with Crippen LogP contribution < -0.4 is 10.6 Å². The molecule has 0 atom stereocenters. The first-order chi connectivity index (χ1) is 35.3. The van der Waals surface area contributed by atoms with Gasteiger partial charge in [-0.2, -0.15) is 0 Å². The third kappa shape index (κ3) is 59.8. The number of rotatable bonds is 1. The zero-order valence-corrected chi connectivity index (χ0v) is 59.1. The first kappa shape index (κ1) is 86.9. The quantitative estimate of drug-likeness (QED) is 0.269. The van der Waals surface area contributed by atoms with E-state index in [-0.39, 0.29) is 0 Å². The molecule has 0 aromatic heterocycles. The van der Waals surface area contributed by atoms with E-state index in [0.717, 1.165) is 25.7 Å². The van der Waals surface area contributed by atoms with Gasteiger partial charge in [0.25, 0.3) is 0 Å². The summed E-state index contributed by atoms with van der Waals surface area (Å²) in [4.78, 5) is 15.3. The molecule has 6 rings (SSSR count).